The molecule has 0 aliphatic heterocycles. The van der Waals surface area contributed by atoms with E-state index in [1.807, 2.05) is 0 Å². The molecule has 0 nitrogen and oxygen atoms in total. The van der Waals surface area contributed by atoms with Crippen LogP contribution in [0, 0.1) is 0 Å². The molecule has 0 aliphatic rings. The Labute approximate surface area is 449 Å². The molecule has 0 aromatic heterocycles. The molecule has 0 fully saturated rings. The molecule has 0 bridgehead atoms. The van der Waals surface area contributed by atoms with Crippen LogP contribution < -0.4 is 0 Å². The van der Waals surface area contributed by atoms with E-state index in [-0.39, 0.29) is 0 Å². The van der Waals surface area contributed by atoms with Crippen LogP contribution in [0.25, 0.3) is 452 Å². The molecule has 0 spiro atoms. The molecule has 0 heteroatoms. The summed E-state index contributed by atoms with van der Waals surface area (Å²) in [4.78, 5) is 0. The lowest BCUT2D eigenvalue weighted by Crippen LogP contribution is -1.96. The fourth-order valence-electron chi connectivity index (χ4n) is 31.5. The summed E-state index contributed by atoms with van der Waals surface area (Å²) >= 11 is 0. The van der Waals surface area contributed by atoms with Crippen molar-refractivity contribution in [2.75, 3.05) is 0 Å². The summed E-state index contributed by atoms with van der Waals surface area (Å²) in [6, 6.07) is 0. The van der Waals surface area contributed by atoms with Crippen molar-refractivity contribution in [2.45, 2.75) is 0 Å². The maximum Gasteiger partial charge on any atom is 0 e. The Morgan fingerprint density at radius 1 is 0.0238 bits per heavy atom. The molecule has 0 atom stereocenters. The Morgan fingerprint density at radius 3 is 0.0476 bits per heavy atom. The smallest absolute Gasteiger partial charge is 0 e. The summed E-state index contributed by atoms with van der Waals surface area (Å²) in [7, 11) is 0. The van der Waals surface area contributed by atoms with Crippen LogP contribution in [0.15, 0.2) is 0 Å². The van der Waals surface area contributed by atoms with Gasteiger partial charge in [0.15, 0.2) is 0 Å². The van der Waals surface area contributed by atoms with Crippen LogP contribution in [-0.4, -0.2) is 0 Å². The van der Waals surface area contributed by atoms with E-state index in [1.165, 1.54) is 0 Å². The fraction of sp³-hybridized carbons (Fsp3) is 0. The number of hydrogen-bond acceptors (Lipinski definition) is 0. The lowest BCUT2D eigenvalue weighted by molar-refractivity contribution is 2.09. The largest absolute Gasteiger partial charge is 0 e. The average molecular weight is 1010 g/mol. The number of benzene rings is 32. The third-order valence-corrected chi connectivity index (χ3v) is 31.5. The Morgan fingerprint density at radius 2 is 0.0357 bits per heavy atom. The zero-order chi connectivity index (χ0) is 48.5. The molecule has 44 rings (SSSR count). The van der Waals surface area contributed by atoms with Crippen molar-refractivity contribution < 1.29 is 0 Å². The summed E-state index contributed by atoms with van der Waals surface area (Å²) in [6.45, 7) is 0. The Bertz CT molecular complexity index is 8070. The molecule has 0 amide bonds. The van der Waals surface area contributed by atoms with E-state index in [0.29, 0.717) is 0 Å². The summed E-state index contributed by atoms with van der Waals surface area (Å²) in [5.41, 5.74) is 0. The molecule has 0 aliphatic carbocycles. The van der Waals surface area contributed by atoms with E-state index >= 15 is 0 Å². The highest BCUT2D eigenvalue weighted by Crippen LogP contribution is 2.82. The van der Waals surface area contributed by atoms with Gasteiger partial charge in [0.05, 0.1) is 0 Å². The second-order valence-electron chi connectivity index (χ2n) is 31.5. The highest BCUT2D eigenvalue weighted by atomic mass is 14.5. The molecule has 44 aromatic rings. The first-order valence-corrected chi connectivity index (χ1v) is 31.5. The Kier molecular flexibility index (Phi) is 2.14. The number of rotatable bonds is 0. The summed E-state index contributed by atoms with van der Waals surface area (Å²) in [6.07, 6.45) is 0. The van der Waals surface area contributed by atoms with E-state index in [1.54, 1.807) is 452 Å². The van der Waals surface area contributed by atoms with Gasteiger partial charge in [-0.05, 0) is 0 Å². The molecule has 0 radical (unpaired) electrons. The van der Waals surface area contributed by atoms with Crippen molar-refractivity contribution >= 4 is 452 Å². The van der Waals surface area contributed by atoms with E-state index in [0.717, 1.165) is 0 Å². The van der Waals surface area contributed by atoms with E-state index < -0.39 is 0 Å². The van der Waals surface area contributed by atoms with Gasteiger partial charge in [-0.25, -0.2) is 0 Å². The first kappa shape index (κ1) is 28.7. The molecule has 0 heterocycles. The zero-order valence-corrected chi connectivity index (χ0v) is 42.0. The van der Waals surface area contributed by atoms with Crippen LogP contribution in [0.2, 0.25) is 0 Å². The first-order chi connectivity index (χ1) is 42.0. The van der Waals surface area contributed by atoms with Crippen LogP contribution in [0.1, 0.15) is 0 Å². The normalized spacial score (nSPS) is 18.0. The van der Waals surface area contributed by atoms with Gasteiger partial charge in [0.25, 0.3) is 0 Å². The standard InChI is InChI=1S/C84/c1-2-26-29-9-11-36-39-16-18-42-44-22-21-43-41-14-13-35-32-7-5(27-25(1)61(26)73-74(62(27)32)77(67(35)41)81(70(43)44)78(68(39)42)75(73)64(29)36)51-6-8-33-38-15(55(13)53(7)8)17-45-46-23(59(21)57(14)17)24-48-47-20(58(18)60(22)24)19-40-37-12(54(11)56(16)19)10-34-30-4(50(2)52(9)10)3(49(1)51)28-31(6)65(33)79-76(63(28)30)80(66(34)37)83(71(40)47)84(72(46)48)82(79)69(38)45. The van der Waals surface area contributed by atoms with Crippen molar-refractivity contribution in [2.24, 2.45) is 0 Å². The quantitative estimate of drug-likeness (QED) is 0.105. The zero-order valence-electron chi connectivity index (χ0n) is 42.0. The third kappa shape index (κ3) is 1.44. The van der Waals surface area contributed by atoms with Crippen molar-refractivity contribution in [3.8, 4) is 0 Å². The highest BCUT2D eigenvalue weighted by Gasteiger charge is 2.53. The van der Waals surface area contributed by atoms with Gasteiger partial charge in [-0.2, -0.15) is 0 Å². The molecule has 336 valence electrons. The van der Waals surface area contributed by atoms with Crippen molar-refractivity contribution in [1.82, 2.24) is 0 Å². The highest BCUT2D eigenvalue weighted by molar-refractivity contribution is 6.88. The average Bonchev–Trinajstić information content (AvgIpc) is 1.40. The third-order valence-electron chi connectivity index (χ3n) is 31.5. The van der Waals surface area contributed by atoms with Crippen LogP contribution >= 0.6 is 0 Å². The predicted molar refractivity (Wildman–Crippen MR) is 365 cm³/mol. The minimum atomic E-state index is 1.67. The molecule has 0 saturated heterocycles. The summed E-state index contributed by atoms with van der Waals surface area (Å²) in [5, 5.41) is 140. The molecule has 0 unspecified atom stereocenters. The van der Waals surface area contributed by atoms with E-state index in [9.17, 15) is 0 Å². The maximum absolute atomic E-state index is 1.67. The van der Waals surface area contributed by atoms with Gasteiger partial charge in [-0.15, -0.1) is 0 Å². The van der Waals surface area contributed by atoms with Crippen LogP contribution in [0.3, 0.4) is 0 Å². The Balaban J connectivity index is 1.15. The van der Waals surface area contributed by atoms with Gasteiger partial charge >= 0.3 is 0 Å². The lowest BCUT2D eigenvalue weighted by Gasteiger charge is -2.25. The van der Waals surface area contributed by atoms with Crippen LogP contribution in [-0.2, 0) is 0 Å². The fourth-order valence-corrected chi connectivity index (χ4v) is 31.5. The molecule has 0 saturated carbocycles. The predicted octanol–water partition coefficient (Wildman–Crippen LogP) is 24.8. The Hall–Kier alpha value is -10.9. The summed E-state index contributed by atoms with van der Waals surface area (Å²) < 4.78 is 0. The van der Waals surface area contributed by atoms with Crippen molar-refractivity contribution in [1.29, 1.82) is 0 Å². The summed E-state index contributed by atoms with van der Waals surface area (Å²) in [5.74, 6) is 0. The SMILES string of the molecule is c12c3c4c5c6c7c8c9c%10c%11c%12c%13c%14c%15c%16c%17c%18c%19c%20c%21c%22c(c%23c1c1c%24c%25c%26c(c%27c%28c%29c(c%30c%31c%32c(c%33c%34c%35c(c%36c%37c%38c(c%39c%40c(c%24c%23c%21%39)c%25c%21c(c%26%28)c(c%29%31)c(c%32%34)c(c%37%35)c%21c%40%38)c%20c%17%36)c%16c%13%33)c%12c9%30)c8c5%27)c41)c2c1c(c36)c(c7%10)c(c%11%14)c(c%18%15)c1c%22%19. The molecular formula is C84. The van der Waals surface area contributed by atoms with Gasteiger partial charge in [-0.3, -0.25) is 0 Å². The second kappa shape index (κ2) is 6.27. The monoisotopic (exact) mass is 1010 g/mol. The van der Waals surface area contributed by atoms with Gasteiger partial charge < -0.3 is 0 Å². The van der Waals surface area contributed by atoms with Gasteiger partial charge in [-0.1, -0.05) is 0 Å². The second-order valence-corrected chi connectivity index (χ2v) is 31.5. The topological polar surface area (TPSA) is 0 Å². The van der Waals surface area contributed by atoms with E-state index in [2.05, 4.69) is 0 Å². The van der Waals surface area contributed by atoms with Gasteiger partial charge in [0, 0.05) is 452 Å². The van der Waals surface area contributed by atoms with Crippen molar-refractivity contribution in [3.63, 3.8) is 0 Å². The minimum absolute atomic E-state index is 1.67. The van der Waals surface area contributed by atoms with Gasteiger partial charge in [0.2, 0.25) is 0 Å². The molecule has 84 heavy (non-hydrogen) atoms. The maximum atomic E-state index is 1.67. The van der Waals surface area contributed by atoms with E-state index in [4.69, 9.17) is 0 Å². The minimum Gasteiger partial charge on any atom is 0 e. The lowest BCUT2D eigenvalue weighted by atomic mass is 9.76. The number of hydrogen-bond donors (Lipinski definition) is 0. The molecule has 44 aromatic carbocycles. The molecular weight excluding hydrogens is 1010 g/mol. The van der Waals surface area contributed by atoms with Crippen LogP contribution in [0.4, 0.5) is 0 Å². The van der Waals surface area contributed by atoms with Gasteiger partial charge in [0.1, 0.15) is 0 Å². The first-order valence-electron chi connectivity index (χ1n) is 31.5. The van der Waals surface area contributed by atoms with Crippen molar-refractivity contribution in [3.05, 3.63) is 0 Å². The van der Waals surface area contributed by atoms with Crippen LogP contribution in [0.5, 0.6) is 0 Å². The molecule has 0 N–H and O–H groups in total.